The highest BCUT2D eigenvalue weighted by Gasteiger charge is 2.78. The van der Waals surface area contributed by atoms with E-state index in [4.69, 9.17) is 5.73 Å². The first-order valence-electron chi connectivity index (χ1n) is 5.11. The molecule has 0 aromatic carbocycles. The van der Waals surface area contributed by atoms with Crippen LogP contribution in [0.1, 0.15) is 28.7 Å². The fourth-order valence-electron chi connectivity index (χ4n) is 2.81. The van der Waals surface area contributed by atoms with E-state index in [0.29, 0.717) is 11.3 Å². The number of carbonyl (C=O) groups excluding carboxylic acids is 1. The number of hydrogen-bond donors (Lipinski definition) is 2. The lowest BCUT2D eigenvalue weighted by atomic mass is 9.87. The highest BCUT2D eigenvalue weighted by Crippen LogP contribution is 2.70. The minimum atomic E-state index is -2.64. The fraction of sp³-hybridized carbons (Fsp3) is 0.600. The predicted molar refractivity (Wildman–Crippen MR) is 51.1 cm³/mol. The molecule has 1 fully saturated rings. The molecule has 4 nitrogen and oxygen atoms in total. The molecule has 2 aliphatic rings. The van der Waals surface area contributed by atoms with Gasteiger partial charge in [0, 0.05) is 29.0 Å². The molecule has 1 saturated carbocycles. The maximum Gasteiger partial charge on any atom is 0.269 e. The fourth-order valence-corrected chi connectivity index (χ4v) is 2.81. The van der Waals surface area contributed by atoms with E-state index in [1.807, 2.05) is 0 Å². The maximum absolute atomic E-state index is 13.5. The average Bonchev–Trinajstić information content (AvgIpc) is 2.55. The van der Waals surface area contributed by atoms with Crippen molar-refractivity contribution in [3.05, 3.63) is 17.0 Å². The smallest absolute Gasteiger partial charge is 0.269 e. The van der Waals surface area contributed by atoms with Crippen molar-refractivity contribution in [1.82, 2.24) is 10.2 Å². The molecule has 2 aliphatic carbocycles. The number of fused-ring (bicyclic) bond motifs is 2. The van der Waals surface area contributed by atoms with E-state index >= 15 is 0 Å². The zero-order chi connectivity index (χ0) is 11.7. The van der Waals surface area contributed by atoms with Gasteiger partial charge in [-0.2, -0.15) is 5.10 Å². The molecular weight excluding hydrogens is 216 g/mol. The first kappa shape index (κ1) is 9.74. The van der Waals surface area contributed by atoms with Gasteiger partial charge >= 0.3 is 0 Å². The van der Waals surface area contributed by atoms with Crippen molar-refractivity contribution in [2.75, 3.05) is 0 Å². The number of rotatable bonds is 1. The Bertz CT molecular complexity index is 496. The van der Waals surface area contributed by atoms with E-state index in [-0.39, 0.29) is 18.5 Å². The van der Waals surface area contributed by atoms with Crippen LogP contribution in [0.2, 0.25) is 0 Å². The molecule has 3 N–H and O–H groups in total. The zero-order valence-corrected chi connectivity index (χ0v) is 8.68. The van der Waals surface area contributed by atoms with Gasteiger partial charge in [0.15, 0.2) is 5.69 Å². The number of alkyl halides is 2. The second-order valence-corrected chi connectivity index (χ2v) is 4.87. The molecule has 2 unspecified atom stereocenters. The van der Waals surface area contributed by atoms with Crippen LogP contribution < -0.4 is 5.73 Å². The van der Waals surface area contributed by atoms with E-state index in [2.05, 4.69) is 10.2 Å². The van der Waals surface area contributed by atoms with E-state index in [1.54, 1.807) is 6.92 Å². The molecule has 6 heteroatoms. The molecule has 2 atom stereocenters. The molecule has 3 rings (SSSR count). The molecule has 86 valence electrons. The highest BCUT2D eigenvalue weighted by molar-refractivity contribution is 5.92. The third-order valence-corrected chi connectivity index (χ3v) is 4.02. The van der Waals surface area contributed by atoms with Crippen LogP contribution in [0.25, 0.3) is 0 Å². The second-order valence-electron chi connectivity index (χ2n) is 4.87. The van der Waals surface area contributed by atoms with Gasteiger partial charge in [0.25, 0.3) is 11.8 Å². The molecule has 1 aromatic rings. The third-order valence-electron chi connectivity index (χ3n) is 4.02. The zero-order valence-electron chi connectivity index (χ0n) is 8.68. The number of H-pyrrole nitrogens is 1. The summed E-state index contributed by atoms with van der Waals surface area (Å²) < 4.78 is 27.0. The van der Waals surface area contributed by atoms with Gasteiger partial charge in [-0.05, 0) is 6.42 Å². The summed E-state index contributed by atoms with van der Waals surface area (Å²) in [5, 5.41) is 6.43. The highest BCUT2D eigenvalue weighted by atomic mass is 19.3. The molecule has 1 heterocycles. The van der Waals surface area contributed by atoms with Gasteiger partial charge < -0.3 is 5.73 Å². The maximum atomic E-state index is 13.5. The minimum absolute atomic E-state index is 0.111. The average molecular weight is 227 g/mol. The van der Waals surface area contributed by atoms with Gasteiger partial charge in [0.05, 0.1) is 0 Å². The lowest BCUT2D eigenvalue weighted by molar-refractivity contribution is 0.0630. The van der Waals surface area contributed by atoms with Crippen molar-refractivity contribution in [1.29, 1.82) is 0 Å². The lowest BCUT2D eigenvalue weighted by Gasteiger charge is -2.15. The Labute approximate surface area is 90.2 Å². The van der Waals surface area contributed by atoms with Gasteiger partial charge in [0.2, 0.25) is 0 Å². The van der Waals surface area contributed by atoms with Crippen molar-refractivity contribution < 1.29 is 13.6 Å². The summed E-state index contributed by atoms with van der Waals surface area (Å²) in [6, 6.07) is 0. The quantitative estimate of drug-likeness (QED) is 0.747. The van der Waals surface area contributed by atoms with Gasteiger partial charge in [0.1, 0.15) is 0 Å². The van der Waals surface area contributed by atoms with Gasteiger partial charge in [-0.3, -0.25) is 9.89 Å². The van der Waals surface area contributed by atoms with Gasteiger partial charge in [-0.25, -0.2) is 8.78 Å². The molecule has 0 saturated heterocycles. The van der Waals surface area contributed by atoms with E-state index < -0.39 is 23.2 Å². The summed E-state index contributed by atoms with van der Waals surface area (Å²) in [6.07, 6.45) is 0.424. The molecular formula is C10H11F2N3O. The van der Waals surface area contributed by atoms with Crippen molar-refractivity contribution in [3.63, 3.8) is 0 Å². The van der Waals surface area contributed by atoms with Crippen LogP contribution in [0.3, 0.4) is 0 Å². The molecule has 1 amide bonds. The van der Waals surface area contributed by atoms with Crippen LogP contribution in [0.15, 0.2) is 0 Å². The molecule has 0 spiro atoms. The van der Waals surface area contributed by atoms with Crippen molar-refractivity contribution in [2.45, 2.75) is 25.7 Å². The van der Waals surface area contributed by atoms with Gasteiger partial charge in [-0.1, -0.05) is 6.92 Å². The number of primary amides is 1. The normalized spacial score (nSPS) is 34.1. The Kier molecular flexibility index (Phi) is 1.49. The topological polar surface area (TPSA) is 71.8 Å². The van der Waals surface area contributed by atoms with Crippen molar-refractivity contribution >= 4 is 5.91 Å². The Balaban J connectivity index is 2.04. The number of hydrogen-bond acceptors (Lipinski definition) is 2. The van der Waals surface area contributed by atoms with Crippen LogP contribution in [0.4, 0.5) is 8.78 Å². The predicted octanol–water partition coefficient (Wildman–Crippen LogP) is 0.879. The number of aromatic nitrogens is 2. The molecule has 16 heavy (non-hydrogen) atoms. The number of aromatic amines is 1. The Morgan fingerprint density at radius 3 is 2.94 bits per heavy atom. The van der Waals surface area contributed by atoms with Gasteiger partial charge in [-0.15, -0.1) is 0 Å². The number of amides is 1. The summed E-state index contributed by atoms with van der Waals surface area (Å²) in [5.74, 6) is -3.98. The SMILES string of the molecule is CC12Cc3[nH]nc(C(N)=O)c3CC1C2(F)F. The van der Waals surface area contributed by atoms with Crippen LogP contribution in [-0.2, 0) is 12.8 Å². The summed E-state index contributed by atoms with van der Waals surface area (Å²) in [7, 11) is 0. The molecule has 0 radical (unpaired) electrons. The van der Waals surface area contributed by atoms with E-state index in [0.717, 1.165) is 0 Å². The van der Waals surface area contributed by atoms with E-state index in [9.17, 15) is 13.6 Å². The molecule has 0 bridgehead atoms. The monoisotopic (exact) mass is 227 g/mol. The first-order chi connectivity index (χ1) is 7.38. The van der Waals surface area contributed by atoms with Crippen LogP contribution in [-0.4, -0.2) is 22.0 Å². The Morgan fingerprint density at radius 1 is 1.62 bits per heavy atom. The number of carbonyl (C=O) groups is 1. The lowest BCUT2D eigenvalue weighted by Crippen LogP contribution is -2.18. The second kappa shape index (κ2) is 2.44. The minimum Gasteiger partial charge on any atom is -0.364 e. The summed E-state index contributed by atoms with van der Waals surface area (Å²) in [5.41, 5.74) is 5.48. The van der Waals surface area contributed by atoms with Crippen LogP contribution >= 0.6 is 0 Å². The summed E-state index contributed by atoms with van der Waals surface area (Å²) >= 11 is 0. The van der Waals surface area contributed by atoms with Crippen LogP contribution in [0, 0.1) is 11.3 Å². The summed E-state index contributed by atoms with van der Waals surface area (Å²) in [6.45, 7) is 1.57. The molecule has 0 aliphatic heterocycles. The number of halogens is 2. The summed E-state index contributed by atoms with van der Waals surface area (Å²) in [4.78, 5) is 11.0. The number of nitrogens with zero attached hydrogens (tertiary/aromatic N) is 1. The van der Waals surface area contributed by atoms with Crippen LogP contribution in [0.5, 0.6) is 0 Å². The van der Waals surface area contributed by atoms with E-state index in [1.165, 1.54) is 0 Å². The van der Waals surface area contributed by atoms with Crippen molar-refractivity contribution in [3.8, 4) is 0 Å². The number of nitrogens with one attached hydrogen (secondary N) is 1. The first-order valence-corrected chi connectivity index (χ1v) is 5.11. The Hall–Kier alpha value is -1.46. The Morgan fingerprint density at radius 2 is 2.31 bits per heavy atom. The largest absolute Gasteiger partial charge is 0.364 e. The standard InChI is InChI=1S/C10H11F2N3O/c1-9-3-5-4(2-6(9)10(9,11)12)7(8(13)16)15-14-5/h6H,2-3H2,1H3,(H2,13,16)(H,14,15). The molecule has 1 aromatic heterocycles. The van der Waals surface area contributed by atoms with Crippen molar-refractivity contribution in [2.24, 2.45) is 17.1 Å². The number of nitrogens with two attached hydrogens (primary N) is 1. The third kappa shape index (κ3) is 0.881.